The van der Waals surface area contributed by atoms with Gasteiger partial charge in [0.25, 0.3) is 5.91 Å². The largest absolute Gasteiger partial charge is 0.355 e. The van der Waals surface area contributed by atoms with Crippen LogP contribution in [0.25, 0.3) is 0 Å². The molecule has 2 N–H and O–H groups in total. The Morgan fingerprint density at radius 1 is 1.29 bits per heavy atom. The fraction of sp³-hybridized carbons (Fsp3) is 0.600. The fourth-order valence-corrected chi connectivity index (χ4v) is 4.22. The summed E-state index contributed by atoms with van der Waals surface area (Å²) < 4.78 is 0. The molecule has 2 aromatic rings. The maximum Gasteiger partial charge on any atom is 0.291 e. The maximum atomic E-state index is 12.4. The lowest BCUT2D eigenvalue weighted by Crippen LogP contribution is -2.37. The van der Waals surface area contributed by atoms with Gasteiger partial charge in [0.05, 0.1) is 6.20 Å². The minimum absolute atomic E-state index is 0.159. The highest BCUT2D eigenvalue weighted by molar-refractivity contribution is 5.90. The van der Waals surface area contributed by atoms with Crippen LogP contribution >= 0.6 is 0 Å². The Morgan fingerprint density at radius 3 is 2.89 bits per heavy atom. The molecule has 1 saturated heterocycles. The fourth-order valence-electron chi connectivity index (χ4n) is 4.22. The summed E-state index contributed by atoms with van der Waals surface area (Å²) in [5.74, 6) is 0.998. The highest BCUT2D eigenvalue weighted by Crippen LogP contribution is 2.30. The van der Waals surface area contributed by atoms with Crippen molar-refractivity contribution in [2.75, 3.05) is 32.1 Å². The molecule has 1 aliphatic carbocycles. The predicted octanol–water partition coefficient (Wildman–Crippen LogP) is 1.76. The second-order valence-electron chi connectivity index (χ2n) is 8.13. The van der Waals surface area contributed by atoms with Crippen LogP contribution in [0.5, 0.6) is 0 Å². The molecule has 1 fully saturated rings. The summed E-state index contributed by atoms with van der Waals surface area (Å²) in [4.78, 5) is 25.2. The lowest BCUT2D eigenvalue weighted by atomic mass is 9.92. The van der Waals surface area contributed by atoms with Gasteiger partial charge >= 0.3 is 0 Å². The zero-order chi connectivity index (χ0) is 19.8. The number of hydrogen-bond donors (Lipinski definition) is 2. The smallest absolute Gasteiger partial charge is 0.291 e. The van der Waals surface area contributed by atoms with Crippen LogP contribution in [0.3, 0.4) is 0 Å². The number of aromatic amines is 1. The molecular formula is C20H29N7O. The van der Waals surface area contributed by atoms with Crippen molar-refractivity contribution in [1.82, 2.24) is 30.4 Å². The molecule has 1 amide bonds. The summed E-state index contributed by atoms with van der Waals surface area (Å²) in [5, 5.41) is 11.2. The molecule has 150 valence electrons. The van der Waals surface area contributed by atoms with Crippen molar-refractivity contribution in [1.29, 1.82) is 0 Å². The predicted molar refractivity (Wildman–Crippen MR) is 108 cm³/mol. The zero-order valence-corrected chi connectivity index (χ0v) is 17.1. The van der Waals surface area contributed by atoms with Gasteiger partial charge in [0.15, 0.2) is 0 Å². The molecule has 0 radical (unpaired) electrons. The molecule has 0 saturated carbocycles. The van der Waals surface area contributed by atoms with E-state index in [9.17, 15) is 4.79 Å². The first-order chi connectivity index (χ1) is 13.4. The van der Waals surface area contributed by atoms with Gasteiger partial charge in [-0.2, -0.15) is 5.10 Å². The van der Waals surface area contributed by atoms with Gasteiger partial charge in [-0.3, -0.25) is 9.89 Å². The number of aryl methyl sites for hydroxylation is 2. The van der Waals surface area contributed by atoms with Gasteiger partial charge in [0, 0.05) is 61.8 Å². The number of aromatic nitrogens is 4. The second-order valence-corrected chi connectivity index (χ2v) is 8.13. The monoisotopic (exact) mass is 383 g/mol. The van der Waals surface area contributed by atoms with Crippen LogP contribution in [0.4, 0.5) is 5.82 Å². The van der Waals surface area contributed by atoms with Crippen molar-refractivity contribution >= 4 is 11.7 Å². The molecule has 1 unspecified atom stereocenters. The van der Waals surface area contributed by atoms with Crippen LogP contribution in [0.1, 0.15) is 58.4 Å². The van der Waals surface area contributed by atoms with Crippen LogP contribution in [-0.4, -0.2) is 64.2 Å². The Bertz CT molecular complexity index is 875. The van der Waals surface area contributed by atoms with Gasteiger partial charge in [-0.05, 0) is 39.5 Å². The van der Waals surface area contributed by atoms with E-state index in [0.717, 1.165) is 49.4 Å². The Hall–Kier alpha value is -2.48. The molecule has 28 heavy (non-hydrogen) atoms. The summed E-state index contributed by atoms with van der Waals surface area (Å²) in [5.41, 5.74) is 4.50. The summed E-state index contributed by atoms with van der Waals surface area (Å²) >= 11 is 0. The summed E-state index contributed by atoms with van der Waals surface area (Å²) in [6.45, 7) is 5.79. The molecule has 2 atom stereocenters. The molecule has 2 aromatic heterocycles. The molecule has 4 rings (SSSR count). The van der Waals surface area contributed by atoms with Gasteiger partial charge in [-0.1, -0.05) is 0 Å². The SMILES string of the molecule is Cc1nc(C(=O)N(C)C)nc(N2CC[C@@H](NC3CCCc4[nH]ncc43)C2)c1C. The van der Waals surface area contributed by atoms with Crippen molar-refractivity contribution < 1.29 is 4.79 Å². The van der Waals surface area contributed by atoms with Gasteiger partial charge in [-0.25, -0.2) is 9.97 Å². The van der Waals surface area contributed by atoms with Gasteiger partial charge in [0.1, 0.15) is 5.82 Å². The molecule has 2 aliphatic rings. The molecule has 0 aromatic carbocycles. The topological polar surface area (TPSA) is 90.0 Å². The number of nitrogens with zero attached hydrogens (tertiary/aromatic N) is 5. The van der Waals surface area contributed by atoms with Crippen LogP contribution in [0, 0.1) is 13.8 Å². The lowest BCUT2D eigenvalue weighted by molar-refractivity contribution is 0.0815. The number of hydrogen-bond acceptors (Lipinski definition) is 6. The Morgan fingerprint density at radius 2 is 2.11 bits per heavy atom. The van der Waals surface area contributed by atoms with Crippen molar-refractivity contribution in [2.24, 2.45) is 0 Å². The number of carbonyl (C=O) groups excluding carboxylic acids is 1. The van der Waals surface area contributed by atoms with Crippen molar-refractivity contribution in [2.45, 2.75) is 51.6 Å². The average molecular weight is 384 g/mol. The van der Waals surface area contributed by atoms with E-state index in [4.69, 9.17) is 0 Å². The molecular weight excluding hydrogens is 354 g/mol. The zero-order valence-electron chi connectivity index (χ0n) is 17.1. The quantitative estimate of drug-likeness (QED) is 0.836. The van der Waals surface area contributed by atoms with Crippen LogP contribution in [0.15, 0.2) is 6.20 Å². The normalized spacial score (nSPS) is 21.6. The van der Waals surface area contributed by atoms with Crippen molar-refractivity contribution in [3.8, 4) is 0 Å². The van der Waals surface area contributed by atoms with Crippen LogP contribution in [0.2, 0.25) is 0 Å². The standard InChI is InChI=1S/C20H29N7O/c1-12-13(2)22-18(20(28)26(3)4)24-19(12)27-9-8-14(11-27)23-16-6-5-7-17-15(16)10-21-25-17/h10,14,16,23H,5-9,11H2,1-4H3,(H,21,25)/t14-,16?/m1/s1. The Kier molecular flexibility index (Phi) is 5.05. The lowest BCUT2D eigenvalue weighted by Gasteiger charge is -2.27. The molecule has 1 aliphatic heterocycles. The number of nitrogens with one attached hydrogen (secondary N) is 2. The van der Waals surface area contributed by atoms with E-state index >= 15 is 0 Å². The van der Waals surface area contributed by atoms with Gasteiger partial charge < -0.3 is 15.1 Å². The van der Waals surface area contributed by atoms with Crippen LogP contribution < -0.4 is 10.2 Å². The number of anilines is 1. The number of amides is 1. The minimum atomic E-state index is -0.159. The third-order valence-corrected chi connectivity index (χ3v) is 5.93. The van der Waals surface area contributed by atoms with Crippen molar-refractivity contribution in [3.63, 3.8) is 0 Å². The second kappa shape index (κ2) is 7.50. The third kappa shape index (κ3) is 3.48. The molecule has 8 heteroatoms. The van der Waals surface area contributed by atoms with E-state index < -0.39 is 0 Å². The van der Waals surface area contributed by atoms with Gasteiger partial charge in [0.2, 0.25) is 5.82 Å². The van der Waals surface area contributed by atoms with E-state index in [1.165, 1.54) is 22.6 Å². The highest BCUT2D eigenvalue weighted by Gasteiger charge is 2.30. The summed E-state index contributed by atoms with van der Waals surface area (Å²) in [7, 11) is 3.45. The average Bonchev–Trinajstić information content (AvgIpc) is 3.33. The highest BCUT2D eigenvalue weighted by atomic mass is 16.2. The first-order valence-corrected chi connectivity index (χ1v) is 10.0. The maximum absolute atomic E-state index is 12.4. The van der Waals surface area contributed by atoms with Crippen LogP contribution in [-0.2, 0) is 6.42 Å². The molecule has 3 heterocycles. The van der Waals surface area contributed by atoms with E-state index in [-0.39, 0.29) is 11.7 Å². The number of carbonyl (C=O) groups is 1. The number of H-pyrrole nitrogens is 1. The van der Waals surface area contributed by atoms with E-state index in [0.29, 0.717) is 12.1 Å². The van der Waals surface area contributed by atoms with E-state index in [1.54, 1.807) is 14.1 Å². The minimum Gasteiger partial charge on any atom is -0.355 e. The molecule has 0 spiro atoms. The molecule has 8 nitrogen and oxygen atoms in total. The Balaban J connectivity index is 1.50. The third-order valence-electron chi connectivity index (χ3n) is 5.93. The van der Waals surface area contributed by atoms with Crippen molar-refractivity contribution in [3.05, 3.63) is 34.5 Å². The van der Waals surface area contributed by atoms with E-state index in [2.05, 4.69) is 30.4 Å². The van der Waals surface area contributed by atoms with E-state index in [1.807, 2.05) is 20.0 Å². The summed E-state index contributed by atoms with van der Waals surface area (Å²) in [6.07, 6.45) is 6.45. The summed E-state index contributed by atoms with van der Waals surface area (Å²) in [6, 6.07) is 0.764. The Labute approximate surface area is 165 Å². The molecule has 0 bridgehead atoms. The number of rotatable bonds is 4. The first-order valence-electron chi connectivity index (χ1n) is 10.0. The first kappa shape index (κ1) is 18.9. The number of fused-ring (bicyclic) bond motifs is 1. The van der Waals surface area contributed by atoms with Gasteiger partial charge in [-0.15, -0.1) is 0 Å².